The van der Waals surface area contributed by atoms with E-state index >= 15 is 0 Å². The Kier molecular flexibility index (Phi) is 7.51. The molecule has 3 heterocycles. The lowest BCUT2D eigenvalue weighted by Crippen LogP contribution is -2.50. The second-order valence-corrected chi connectivity index (χ2v) is 10.5. The molecule has 4 rings (SSSR count). The van der Waals surface area contributed by atoms with Crippen LogP contribution in [0.3, 0.4) is 0 Å². The fourth-order valence-corrected chi connectivity index (χ4v) is 4.73. The molecule has 0 radical (unpaired) electrons. The molecule has 1 fully saturated rings. The molecule has 0 saturated carbocycles. The second kappa shape index (κ2) is 10.4. The van der Waals surface area contributed by atoms with Crippen LogP contribution in [0, 0.1) is 11.8 Å². The summed E-state index contributed by atoms with van der Waals surface area (Å²) in [7, 11) is 2.17. The first-order valence-corrected chi connectivity index (χ1v) is 12.4. The Morgan fingerprint density at radius 1 is 1.32 bits per heavy atom. The number of nitrogens with two attached hydrogens (primary N) is 1. The molecule has 0 aliphatic carbocycles. The minimum absolute atomic E-state index is 0.333. The van der Waals surface area contributed by atoms with Gasteiger partial charge in [0.15, 0.2) is 5.13 Å². The quantitative estimate of drug-likeness (QED) is 0.642. The lowest BCUT2D eigenvalue weighted by molar-refractivity contribution is 0.0567. The van der Waals surface area contributed by atoms with E-state index in [9.17, 15) is 5.11 Å². The van der Waals surface area contributed by atoms with E-state index in [1.54, 1.807) is 25.2 Å². The third kappa shape index (κ3) is 6.32. The number of piperazine rings is 1. The maximum Gasteiger partial charge on any atom is 0.185 e. The van der Waals surface area contributed by atoms with Crippen molar-refractivity contribution in [3.8, 4) is 11.8 Å². The molecular weight excluding hydrogens is 446 g/mol. The maximum atomic E-state index is 9.83. The number of benzene rings is 1. The zero-order valence-electron chi connectivity index (χ0n) is 20.2. The molecule has 1 saturated heterocycles. The predicted octanol–water partition coefficient (Wildman–Crippen LogP) is 2.74. The molecule has 2 aliphatic heterocycles. The van der Waals surface area contributed by atoms with E-state index in [0.717, 1.165) is 46.3 Å². The Balaban J connectivity index is 1.42. The van der Waals surface area contributed by atoms with Crippen LogP contribution >= 0.6 is 11.3 Å². The molecule has 1 aromatic carbocycles. The SMILES string of the molecule is CC1CN(c2ncc(C3=CC(OCc4cccc(C#CC(C)(C)O)c4)C(N)N=C3)s2)CCN1C. The molecule has 7 nitrogen and oxygen atoms in total. The van der Waals surface area contributed by atoms with E-state index in [-0.39, 0.29) is 6.10 Å². The summed E-state index contributed by atoms with van der Waals surface area (Å²) in [6.07, 6.45) is 4.99. The third-order valence-electron chi connectivity index (χ3n) is 5.96. The van der Waals surface area contributed by atoms with Crippen LogP contribution in [-0.4, -0.2) is 71.8 Å². The normalized spacial score (nSPS) is 23.4. The van der Waals surface area contributed by atoms with E-state index in [1.807, 2.05) is 42.8 Å². The fraction of sp³-hybridized carbons (Fsp3) is 0.462. The molecule has 0 amide bonds. The number of hydrogen-bond acceptors (Lipinski definition) is 8. The minimum Gasteiger partial charge on any atom is -0.378 e. The lowest BCUT2D eigenvalue weighted by atomic mass is 10.1. The first kappa shape index (κ1) is 24.6. The summed E-state index contributed by atoms with van der Waals surface area (Å²) >= 11 is 1.68. The molecule has 3 unspecified atom stereocenters. The number of rotatable bonds is 5. The largest absolute Gasteiger partial charge is 0.378 e. The van der Waals surface area contributed by atoms with Crippen LogP contribution in [0.15, 0.2) is 41.5 Å². The highest BCUT2D eigenvalue weighted by Crippen LogP contribution is 2.30. The number of likely N-dealkylation sites (N-methyl/N-ethyl adjacent to an activating group) is 1. The van der Waals surface area contributed by atoms with E-state index in [4.69, 9.17) is 10.5 Å². The van der Waals surface area contributed by atoms with Gasteiger partial charge in [-0.05, 0) is 51.6 Å². The number of thiazole rings is 1. The molecule has 2 aromatic rings. The maximum absolute atomic E-state index is 9.83. The van der Waals surface area contributed by atoms with Gasteiger partial charge in [-0.25, -0.2) is 4.98 Å². The third-order valence-corrected chi connectivity index (χ3v) is 7.06. The molecule has 3 N–H and O–H groups in total. The second-order valence-electron chi connectivity index (χ2n) is 9.46. The van der Waals surface area contributed by atoms with Crippen molar-refractivity contribution in [3.05, 3.63) is 52.5 Å². The van der Waals surface area contributed by atoms with E-state index in [0.29, 0.717) is 12.6 Å². The molecule has 2 aliphatic rings. The molecule has 180 valence electrons. The monoisotopic (exact) mass is 479 g/mol. The summed E-state index contributed by atoms with van der Waals surface area (Å²) in [4.78, 5) is 14.9. The van der Waals surface area contributed by atoms with E-state index in [1.165, 1.54) is 0 Å². The Labute approximate surface area is 206 Å². The number of dihydropyridines is 1. The van der Waals surface area contributed by atoms with Crippen molar-refractivity contribution >= 4 is 28.3 Å². The van der Waals surface area contributed by atoms with E-state index < -0.39 is 11.8 Å². The average molecular weight is 480 g/mol. The van der Waals surface area contributed by atoms with Crippen LogP contribution in [0.4, 0.5) is 5.13 Å². The predicted molar refractivity (Wildman–Crippen MR) is 139 cm³/mol. The van der Waals surface area contributed by atoms with Crippen molar-refractivity contribution in [1.29, 1.82) is 0 Å². The highest BCUT2D eigenvalue weighted by molar-refractivity contribution is 7.16. The fourth-order valence-electron chi connectivity index (χ4n) is 3.79. The number of aromatic nitrogens is 1. The Morgan fingerprint density at radius 3 is 2.91 bits per heavy atom. The summed E-state index contributed by atoms with van der Waals surface area (Å²) in [5.41, 5.74) is 8.00. The zero-order valence-corrected chi connectivity index (χ0v) is 21.0. The molecule has 8 heteroatoms. The van der Waals surface area contributed by atoms with Crippen molar-refractivity contribution in [2.24, 2.45) is 10.7 Å². The number of allylic oxidation sites excluding steroid dienone is 1. The number of anilines is 1. The minimum atomic E-state index is -1.03. The van der Waals surface area contributed by atoms with Gasteiger partial charge in [-0.15, -0.1) is 0 Å². The molecule has 3 atom stereocenters. The smallest absolute Gasteiger partial charge is 0.185 e. The number of nitrogens with zero attached hydrogens (tertiary/aromatic N) is 4. The number of aliphatic hydroxyl groups is 1. The van der Waals surface area contributed by atoms with Gasteiger partial charge in [0.1, 0.15) is 17.9 Å². The first-order valence-electron chi connectivity index (χ1n) is 11.6. The van der Waals surface area contributed by atoms with Crippen molar-refractivity contribution in [2.45, 2.75) is 51.3 Å². The van der Waals surface area contributed by atoms with Gasteiger partial charge in [0.05, 0.1) is 11.5 Å². The van der Waals surface area contributed by atoms with Gasteiger partial charge in [0.25, 0.3) is 0 Å². The van der Waals surface area contributed by atoms with Crippen LogP contribution in [0.2, 0.25) is 0 Å². The number of aliphatic imine (C=N–C) groups is 1. The molecular formula is C26H33N5O2S. The summed E-state index contributed by atoms with van der Waals surface area (Å²) in [6.45, 7) is 8.97. The lowest BCUT2D eigenvalue weighted by Gasteiger charge is -2.37. The molecule has 0 spiro atoms. The van der Waals surface area contributed by atoms with Crippen LogP contribution < -0.4 is 10.6 Å². The van der Waals surface area contributed by atoms with Crippen molar-refractivity contribution in [1.82, 2.24) is 9.88 Å². The summed E-state index contributed by atoms with van der Waals surface area (Å²) in [5, 5.41) is 10.9. The topological polar surface area (TPSA) is 87.2 Å². The van der Waals surface area contributed by atoms with Crippen LogP contribution in [0.5, 0.6) is 0 Å². The molecule has 34 heavy (non-hydrogen) atoms. The summed E-state index contributed by atoms with van der Waals surface area (Å²) < 4.78 is 6.14. The highest BCUT2D eigenvalue weighted by Gasteiger charge is 2.25. The summed E-state index contributed by atoms with van der Waals surface area (Å²) in [5.74, 6) is 5.84. The van der Waals surface area contributed by atoms with Crippen molar-refractivity contribution in [3.63, 3.8) is 0 Å². The summed E-state index contributed by atoms with van der Waals surface area (Å²) in [6, 6.07) is 8.31. The van der Waals surface area contributed by atoms with Gasteiger partial charge in [-0.1, -0.05) is 35.3 Å². The Hall–Kier alpha value is -2.54. The number of ether oxygens (including phenoxy) is 1. The average Bonchev–Trinajstić information content (AvgIpc) is 3.29. The van der Waals surface area contributed by atoms with Crippen LogP contribution in [-0.2, 0) is 11.3 Å². The van der Waals surface area contributed by atoms with Crippen LogP contribution in [0.1, 0.15) is 36.8 Å². The number of hydrogen-bond donors (Lipinski definition) is 2. The van der Waals surface area contributed by atoms with Gasteiger partial charge in [-0.2, -0.15) is 0 Å². The van der Waals surface area contributed by atoms with Gasteiger partial charge in [-0.3, -0.25) is 4.99 Å². The van der Waals surface area contributed by atoms with E-state index in [2.05, 4.69) is 45.6 Å². The van der Waals surface area contributed by atoms with Gasteiger partial charge >= 0.3 is 0 Å². The van der Waals surface area contributed by atoms with Crippen molar-refractivity contribution in [2.75, 3.05) is 31.6 Å². The highest BCUT2D eigenvalue weighted by atomic mass is 32.1. The zero-order chi connectivity index (χ0) is 24.3. The molecule has 0 bridgehead atoms. The van der Waals surface area contributed by atoms with Crippen molar-refractivity contribution < 1.29 is 9.84 Å². The first-order chi connectivity index (χ1) is 16.2. The van der Waals surface area contributed by atoms with Gasteiger partial charge in [0, 0.05) is 49.2 Å². The Morgan fingerprint density at radius 2 is 2.15 bits per heavy atom. The van der Waals surface area contributed by atoms with Gasteiger partial charge < -0.3 is 25.4 Å². The molecule has 1 aromatic heterocycles. The Bertz CT molecular complexity index is 1120. The standard InChI is InChI=1S/C26H33N5O2S/c1-18-16-31(11-10-30(18)4)25-29-15-23(34-25)21-13-22(24(27)28-14-21)33-17-20-7-5-6-19(12-20)8-9-26(2,3)32/h5-7,12-15,18,22,24,32H,10-11,16-17,27H2,1-4H3. The van der Waals surface area contributed by atoms with Gasteiger partial charge in [0.2, 0.25) is 0 Å². The van der Waals surface area contributed by atoms with Crippen LogP contribution in [0.25, 0.3) is 5.57 Å².